The van der Waals surface area contributed by atoms with Crippen LogP contribution in [0.15, 0.2) is 0 Å². The Kier molecular flexibility index (Phi) is 4.26. The zero-order valence-corrected chi connectivity index (χ0v) is 10.7. The Labute approximate surface area is 100 Å². The average Bonchev–Trinajstić information content (AvgIpc) is 2.31. The number of likely N-dealkylation sites (tertiary alicyclic amines) is 1. The molecule has 0 aromatic heterocycles. The number of β-amino-alcohol motifs (C(OH)–C–C–N with tert-alkyl or cyclic N) is 1. The summed E-state index contributed by atoms with van der Waals surface area (Å²) in [6.45, 7) is 5.63. The molecule has 1 heterocycles. The second kappa shape index (κ2) is 5.50. The molecular weight excluding hydrogens is 198 g/mol. The van der Waals surface area contributed by atoms with Gasteiger partial charge in [-0.2, -0.15) is 0 Å². The molecule has 0 amide bonds. The maximum atomic E-state index is 10.6. The van der Waals surface area contributed by atoms with Gasteiger partial charge >= 0.3 is 0 Å². The van der Waals surface area contributed by atoms with Crippen LogP contribution in [-0.2, 0) is 0 Å². The molecule has 0 aromatic rings. The minimum Gasteiger partial charge on any atom is -0.389 e. The Morgan fingerprint density at radius 2 is 1.75 bits per heavy atom. The molecule has 0 spiro atoms. The maximum Gasteiger partial charge on any atom is 0.0774 e. The van der Waals surface area contributed by atoms with Crippen LogP contribution in [0.5, 0.6) is 0 Å². The van der Waals surface area contributed by atoms with Crippen LogP contribution in [-0.4, -0.2) is 35.2 Å². The minimum atomic E-state index is -0.358. The van der Waals surface area contributed by atoms with Crippen molar-refractivity contribution in [3.63, 3.8) is 0 Å². The summed E-state index contributed by atoms with van der Waals surface area (Å²) < 4.78 is 0. The summed E-state index contributed by atoms with van der Waals surface area (Å²) in [5.41, 5.74) is -0.358. The van der Waals surface area contributed by atoms with Crippen LogP contribution in [0.4, 0.5) is 0 Å². The van der Waals surface area contributed by atoms with Crippen LogP contribution in [0, 0.1) is 5.92 Å². The highest BCUT2D eigenvalue weighted by molar-refractivity contribution is 4.88. The lowest BCUT2D eigenvalue weighted by atomic mass is 9.77. The van der Waals surface area contributed by atoms with Crippen molar-refractivity contribution in [2.75, 3.05) is 19.6 Å². The van der Waals surface area contributed by atoms with Gasteiger partial charge in [0.1, 0.15) is 0 Å². The van der Waals surface area contributed by atoms with Gasteiger partial charge in [-0.05, 0) is 57.5 Å². The summed E-state index contributed by atoms with van der Waals surface area (Å²) >= 11 is 0. The maximum absolute atomic E-state index is 10.6. The summed E-state index contributed by atoms with van der Waals surface area (Å²) in [6, 6.07) is 0. The lowest BCUT2D eigenvalue weighted by Crippen LogP contribution is -2.47. The zero-order valence-electron chi connectivity index (χ0n) is 10.7. The smallest absolute Gasteiger partial charge is 0.0774 e. The summed E-state index contributed by atoms with van der Waals surface area (Å²) in [5.74, 6) is 0.877. The summed E-state index contributed by atoms with van der Waals surface area (Å²) in [6.07, 6.45) is 9.86. The molecule has 0 bridgehead atoms. The highest BCUT2D eigenvalue weighted by atomic mass is 16.3. The highest BCUT2D eigenvalue weighted by Gasteiger charge is 2.34. The SMILES string of the molecule is CCC1CCC(O)(CN2CCCCC2)CC1. The van der Waals surface area contributed by atoms with Gasteiger partial charge in [0.25, 0.3) is 0 Å². The minimum absolute atomic E-state index is 0.358. The topological polar surface area (TPSA) is 23.5 Å². The first kappa shape index (κ1) is 12.4. The van der Waals surface area contributed by atoms with E-state index in [9.17, 15) is 5.11 Å². The zero-order chi connectivity index (χ0) is 11.4. The molecule has 0 unspecified atom stereocenters. The molecule has 1 aliphatic heterocycles. The molecule has 0 radical (unpaired) electrons. The van der Waals surface area contributed by atoms with Gasteiger partial charge in [-0.3, -0.25) is 0 Å². The van der Waals surface area contributed by atoms with Gasteiger partial charge in [0.15, 0.2) is 0 Å². The van der Waals surface area contributed by atoms with Gasteiger partial charge in [0.2, 0.25) is 0 Å². The van der Waals surface area contributed by atoms with Gasteiger partial charge in [0, 0.05) is 6.54 Å². The van der Waals surface area contributed by atoms with Crippen LogP contribution >= 0.6 is 0 Å². The predicted octanol–water partition coefficient (Wildman–Crippen LogP) is 2.80. The number of hydrogen-bond donors (Lipinski definition) is 1. The third kappa shape index (κ3) is 3.21. The molecule has 16 heavy (non-hydrogen) atoms. The lowest BCUT2D eigenvalue weighted by Gasteiger charge is -2.40. The van der Waals surface area contributed by atoms with E-state index in [1.807, 2.05) is 0 Å². The molecule has 0 aromatic carbocycles. The van der Waals surface area contributed by atoms with Crippen LogP contribution in [0.1, 0.15) is 58.3 Å². The molecule has 2 aliphatic rings. The standard InChI is InChI=1S/C14H27NO/c1-2-13-6-8-14(16,9-7-13)12-15-10-4-3-5-11-15/h13,16H,2-12H2,1H3. The number of hydrogen-bond acceptors (Lipinski definition) is 2. The molecule has 2 heteroatoms. The van der Waals surface area contributed by atoms with Crippen LogP contribution in [0.3, 0.4) is 0 Å². The molecule has 2 nitrogen and oxygen atoms in total. The van der Waals surface area contributed by atoms with Gasteiger partial charge in [0.05, 0.1) is 5.60 Å². The number of aliphatic hydroxyl groups is 1. The Hall–Kier alpha value is -0.0800. The van der Waals surface area contributed by atoms with Crippen LogP contribution < -0.4 is 0 Å². The molecule has 94 valence electrons. The Bertz CT molecular complexity index is 203. The fourth-order valence-electron chi connectivity index (χ4n) is 3.32. The normalized spacial score (nSPS) is 37.5. The van der Waals surface area contributed by atoms with Crippen molar-refractivity contribution in [2.45, 2.75) is 63.9 Å². The predicted molar refractivity (Wildman–Crippen MR) is 67.5 cm³/mol. The van der Waals surface area contributed by atoms with Crippen molar-refractivity contribution in [1.29, 1.82) is 0 Å². The molecule has 2 fully saturated rings. The van der Waals surface area contributed by atoms with E-state index in [0.717, 1.165) is 25.3 Å². The Balaban J connectivity index is 1.79. The van der Waals surface area contributed by atoms with Crippen molar-refractivity contribution >= 4 is 0 Å². The van der Waals surface area contributed by atoms with Gasteiger partial charge in [-0.1, -0.05) is 19.8 Å². The van der Waals surface area contributed by atoms with Crippen LogP contribution in [0.25, 0.3) is 0 Å². The third-order valence-electron chi connectivity index (χ3n) is 4.58. The average molecular weight is 225 g/mol. The molecule has 1 aliphatic carbocycles. The van der Waals surface area contributed by atoms with Gasteiger partial charge in [-0.25, -0.2) is 0 Å². The van der Waals surface area contributed by atoms with E-state index < -0.39 is 0 Å². The van der Waals surface area contributed by atoms with E-state index in [2.05, 4.69) is 11.8 Å². The number of nitrogens with zero attached hydrogens (tertiary/aromatic N) is 1. The van der Waals surface area contributed by atoms with Gasteiger partial charge in [-0.15, -0.1) is 0 Å². The van der Waals surface area contributed by atoms with Gasteiger partial charge < -0.3 is 10.0 Å². The largest absolute Gasteiger partial charge is 0.389 e. The second-order valence-corrected chi connectivity index (χ2v) is 5.91. The Morgan fingerprint density at radius 1 is 1.12 bits per heavy atom. The first-order valence-corrected chi connectivity index (χ1v) is 7.16. The molecule has 1 saturated carbocycles. The number of piperidine rings is 1. The molecule has 2 rings (SSSR count). The fourth-order valence-corrected chi connectivity index (χ4v) is 3.32. The third-order valence-corrected chi connectivity index (χ3v) is 4.58. The van der Waals surface area contributed by atoms with E-state index in [1.165, 1.54) is 51.6 Å². The molecule has 1 saturated heterocycles. The van der Waals surface area contributed by atoms with Crippen molar-refractivity contribution in [1.82, 2.24) is 4.90 Å². The first-order chi connectivity index (χ1) is 7.72. The van der Waals surface area contributed by atoms with Crippen molar-refractivity contribution in [3.05, 3.63) is 0 Å². The highest BCUT2D eigenvalue weighted by Crippen LogP contribution is 2.34. The molecule has 0 atom stereocenters. The number of rotatable bonds is 3. The van der Waals surface area contributed by atoms with Crippen LogP contribution in [0.2, 0.25) is 0 Å². The van der Waals surface area contributed by atoms with Crippen molar-refractivity contribution < 1.29 is 5.11 Å². The lowest BCUT2D eigenvalue weighted by molar-refractivity contribution is -0.0400. The quantitative estimate of drug-likeness (QED) is 0.798. The Morgan fingerprint density at radius 3 is 2.31 bits per heavy atom. The van der Waals surface area contributed by atoms with Crippen molar-refractivity contribution in [2.24, 2.45) is 5.92 Å². The molecular formula is C14H27NO. The first-order valence-electron chi connectivity index (χ1n) is 7.16. The van der Waals surface area contributed by atoms with E-state index in [0.29, 0.717) is 0 Å². The van der Waals surface area contributed by atoms with E-state index in [4.69, 9.17) is 0 Å². The summed E-state index contributed by atoms with van der Waals surface area (Å²) in [4.78, 5) is 2.48. The van der Waals surface area contributed by atoms with E-state index in [-0.39, 0.29) is 5.60 Å². The fraction of sp³-hybridized carbons (Fsp3) is 1.00. The second-order valence-electron chi connectivity index (χ2n) is 5.91. The molecule has 1 N–H and O–H groups in total. The van der Waals surface area contributed by atoms with E-state index >= 15 is 0 Å². The summed E-state index contributed by atoms with van der Waals surface area (Å²) in [5, 5.41) is 10.6. The van der Waals surface area contributed by atoms with E-state index in [1.54, 1.807) is 0 Å². The van der Waals surface area contributed by atoms with Crippen molar-refractivity contribution in [3.8, 4) is 0 Å². The summed E-state index contributed by atoms with van der Waals surface area (Å²) in [7, 11) is 0. The monoisotopic (exact) mass is 225 g/mol.